The molecule has 0 atom stereocenters. The van der Waals surface area contributed by atoms with Crippen molar-refractivity contribution in [1.82, 2.24) is 5.01 Å². The molecule has 0 fully saturated rings. The highest BCUT2D eigenvalue weighted by Gasteiger charge is 2.12. The Hall–Kier alpha value is -1.71. The van der Waals surface area contributed by atoms with Crippen LogP contribution in [-0.2, 0) is 10.2 Å². The molecule has 0 aromatic heterocycles. The van der Waals surface area contributed by atoms with E-state index in [2.05, 4.69) is 31.1 Å². The normalized spacial score (nSPS) is 11.8. The lowest BCUT2D eigenvalue weighted by molar-refractivity contribution is -0.127. The first-order chi connectivity index (χ1) is 7.80. The van der Waals surface area contributed by atoms with Gasteiger partial charge >= 0.3 is 0 Å². The molecule has 0 saturated heterocycles. The van der Waals surface area contributed by atoms with Crippen molar-refractivity contribution >= 4 is 11.6 Å². The minimum Gasteiger partial charge on any atom is -0.273 e. The van der Waals surface area contributed by atoms with Crippen molar-refractivity contribution in [1.29, 1.82) is 0 Å². The number of nitrogens with zero attached hydrogens (tertiary/aromatic N) is 3. The van der Waals surface area contributed by atoms with Crippen molar-refractivity contribution < 1.29 is 4.79 Å². The highest BCUT2D eigenvalue weighted by molar-refractivity contribution is 5.72. The van der Waals surface area contributed by atoms with Crippen LogP contribution < -0.4 is 0 Å². The third-order valence-corrected chi connectivity index (χ3v) is 2.48. The fraction of sp³-hybridized carbons (Fsp3) is 0.462. The molecule has 0 aliphatic rings. The topological polar surface area (TPSA) is 45.0 Å². The van der Waals surface area contributed by atoms with Crippen LogP contribution in [0.4, 0.5) is 5.69 Å². The molecule has 17 heavy (non-hydrogen) atoms. The minimum absolute atomic E-state index is 0.131. The van der Waals surface area contributed by atoms with Gasteiger partial charge in [-0.1, -0.05) is 38.1 Å². The predicted molar refractivity (Wildman–Crippen MR) is 68.1 cm³/mol. The SMILES string of the molecule is CC(=O)N(C)N=Nc1ccc(C(C)(C)C)cc1. The molecule has 1 aromatic carbocycles. The van der Waals surface area contributed by atoms with E-state index in [1.807, 2.05) is 24.3 Å². The lowest BCUT2D eigenvalue weighted by Crippen LogP contribution is -2.15. The molecule has 0 N–H and O–H groups in total. The molecule has 4 nitrogen and oxygen atoms in total. The number of amides is 1. The zero-order chi connectivity index (χ0) is 13.1. The zero-order valence-corrected chi connectivity index (χ0v) is 11.1. The van der Waals surface area contributed by atoms with E-state index in [9.17, 15) is 4.79 Å². The Morgan fingerprint density at radius 1 is 1.18 bits per heavy atom. The van der Waals surface area contributed by atoms with Gasteiger partial charge in [0.1, 0.15) is 0 Å². The highest BCUT2D eigenvalue weighted by Crippen LogP contribution is 2.24. The molecule has 1 rings (SSSR count). The zero-order valence-electron chi connectivity index (χ0n) is 11.1. The van der Waals surface area contributed by atoms with Gasteiger partial charge in [-0.2, -0.15) is 0 Å². The smallest absolute Gasteiger partial charge is 0.240 e. The second-order valence-corrected chi connectivity index (χ2v) is 5.03. The summed E-state index contributed by atoms with van der Waals surface area (Å²) in [6.45, 7) is 7.93. The van der Waals surface area contributed by atoms with E-state index in [0.29, 0.717) is 0 Å². The van der Waals surface area contributed by atoms with Crippen LogP contribution in [0.15, 0.2) is 34.6 Å². The summed E-state index contributed by atoms with van der Waals surface area (Å²) in [5.74, 6) is -0.139. The third-order valence-electron chi connectivity index (χ3n) is 2.48. The molecule has 0 spiro atoms. The standard InChI is InChI=1S/C13H19N3O/c1-10(17)16(5)15-14-12-8-6-11(7-9-12)13(2,3)4/h6-9H,1-5H3. The molecule has 1 aromatic rings. The van der Waals surface area contributed by atoms with Gasteiger partial charge in [-0.05, 0) is 23.1 Å². The van der Waals surface area contributed by atoms with E-state index < -0.39 is 0 Å². The van der Waals surface area contributed by atoms with Gasteiger partial charge in [-0.25, -0.2) is 5.01 Å². The van der Waals surface area contributed by atoms with Gasteiger partial charge in [0.05, 0.1) is 5.69 Å². The van der Waals surface area contributed by atoms with Gasteiger partial charge in [0, 0.05) is 14.0 Å². The average molecular weight is 233 g/mol. The van der Waals surface area contributed by atoms with Crippen LogP contribution in [0.3, 0.4) is 0 Å². The maximum absolute atomic E-state index is 10.9. The third kappa shape index (κ3) is 3.98. The van der Waals surface area contributed by atoms with Gasteiger partial charge in [0.25, 0.3) is 0 Å². The van der Waals surface area contributed by atoms with E-state index in [1.165, 1.54) is 17.5 Å². The summed E-state index contributed by atoms with van der Waals surface area (Å²) in [4.78, 5) is 10.9. The number of carbonyl (C=O) groups excluding carboxylic acids is 1. The molecule has 92 valence electrons. The van der Waals surface area contributed by atoms with Crippen LogP contribution >= 0.6 is 0 Å². The van der Waals surface area contributed by atoms with Gasteiger partial charge in [-0.3, -0.25) is 4.79 Å². The largest absolute Gasteiger partial charge is 0.273 e. The van der Waals surface area contributed by atoms with E-state index in [1.54, 1.807) is 7.05 Å². The highest BCUT2D eigenvalue weighted by atomic mass is 16.2. The van der Waals surface area contributed by atoms with Crippen molar-refractivity contribution in [3.8, 4) is 0 Å². The van der Waals surface area contributed by atoms with Gasteiger partial charge in [0.15, 0.2) is 0 Å². The summed E-state index contributed by atoms with van der Waals surface area (Å²) in [7, 11) is 1.58. The molecule has 1 amide bonds. The van der Waals surface area contributed by atoms with E-state index in [-0.39, 0.29) is 11.3 Å². The molecule has 0 bridgehead atoms. The second-order valence-electron chi connectivity index (χ2n) is 5.03. The van der Waals surface area contributed by atoms with Crippen molar-refractivity contribution in [2.24, 2.45) is 10.3 Å². The average Bonchev–Trinajstić information content (AvgIpc) is 2.25. The first-order valence-electron chi connectivity index (χ1n) is 5.57. The molecule has 0 aliphatic carbocycles. The monoisotopic (exact) mass is 233 g/mol. The van der Waals surface area contributed by atoms with Crippen molar-refractivity contribution in [3.63, 3.8) is 0 Å². The second kappa shape index (κ2) is 5.08. The summed E-state index contributed by atoms with van der Waals surface area (Å²) in [6, 6.07) is 7.86. The summed E-state index contributed by atoms with van der Waals surface area (Å²) in [6.07, 6.45) is 0. The predicted octanol–water partition coefficient (Wildman–Crippen LogP) is 3.46. The molecule has 0 saturated carbocycles. The summed E-state index contributed by atoms with van der Waals surface area (Å²) >= 11 is 0. The molecule has 0 unspecified atom stereocenters. The number of rotatable bonds is 2. The number of hydrogen-bond acceptors (Lipinski definition) is 3. The van der Waals surface area contributed by atoms with E-state index >= 15 is 0 Å². The van der Waals surface area contributed by atoms with Crippen LogP contribution in [0.1, 0.15) is 33.3 Å². The molecule has 0 aliphatic heterocycles. The summed E-state index contributed by atoms with van der Waals surface area (Å²) in [5, 5.41) is 8.98. The molecule has 0 heterocycles. The Morgan fingerprint density at radius 2 is 1.71 bits per heavy atom. The summed E-state index contributed by atoms with van der Waals surface area (Å²) < 4.78 is 0. The Labute approximate surface area is 102 Å². The molecular weight excluding hydrogens is 214 g/mol. The number of hydrogen-bond donors (Lipinski definition) is 0. The van der Waals surface area contributed by atoms with Crippen molar-refractivity contribution in [3.05, 3.63) is 29.8 Å². The number of carbonyl (C=O) groups is 1. The molecule has 4 heteroatoms. The Kier molecular flexibility index (Phi) is 3.99. The van der Waals surface area contributed by atoms with Crippen molar-refractivity contribution in [2.45, 2.75) is 33.1 Å². The van der Waals surface area contributed by atoms with Crippen LogP contribution in [0.2, 0.25) is 0 Å². The van der Waals surface area contributed by atoms with Gasteiger partial charge in [0.2, 0.25) is 5.91 Å². The Balaban J connectivity index is 2.79. The van der Waals surface area contributed by atoms with Gasteiger partial charge < -0.3 is 0 Å². The first-order valence-corrected chi connectivity index (χ1v) is 5.57. The van der Waals surface area contributed by atoms with Gasteiger partial charge in [-0.15, -0.1) is 5.11 Å². The van der Waals surface area contributed by atoms with Crippen molar-refractivity contribution in [2.75, 3.05) is 7.05 Å². The molecule has 0 radical (unpaired) electrons. The molecular formula is C13H19N3O. The number of benzene rings is 1. The summed E-state index contributed by atoms with van der Waals surface area (Å²) in [5.41, 5.74) is 2.12. The van der Waals surface area contributed by atoms with Crippen LogP contribution in [0, 0.1) is 0 Å². The van der Waals surface area contributed by atoms with Crippen LogP contribution in [0.5, 0.6) is 0 Å². The lowest BCUT2D eigenvalue weighted by Gasteiger charge is -2.18. The quantitative estimate of drug-likeness (QED) is 0.570. The minimum atomic E-state index is -0.139. The van der Waals surface area contributed by atoms with Crippen LogP contribution in [0.25, 0.3) is 0 Å². The van der Waals surface area contributed by atoms with Crippen LogP contribution in [-0.4, -0.2) is 18.0 Å². The lowest BCUT2D eigenvalue weighted by atomic mass is 9.87. The first kappa shape index (κ1) is 13.4. The fourth-order valence-electron chi connectivity index (χ4n) is 1.21. The Morgan fingerprint density at radius 3 is 2.12 bits per heavy atom. The van der Waals surface area contributed by atoms with E-state index in [0.717, 1.165) is 5.69 Å². The fourth-order valence-corrected chi connectivity index (χ4v) is 1.21. The Bertz CT molecular complexity index is 415. The maximum atomic E-state index is 10.9. The van der Waals surface area contributed by atoms with E-state index in [4.69, 9.17) is 0 Å². The maximum Gasteiger partial charge on any atom is 0.240 e.